The lowest BCUT2D eigenvalue weighted by molar-refractivity contribution is 0.567. The summed E-state index contributed by atoms with van der Waals surface area (Å²) in [6.07, 6.45) is 4.52. The van der Waals surface area contributed by atoms with Gasteiger partial charge >= 0.3 is 0 Å². The molecule has 0 saturated heterocycles. The first kappa shape index (κ1) is 68.3. The van der Waals surface area contributed by atoms with Gasteiger partial charge in [0.1, 0.15) is 19.1 Å². The van der Waals surface area contributed by atoms with Crippen molar-refractivity contribution < 1.29 is 0 Å². The van der Waals surface area contributed by atoms with E-state index in [0.29, 0.717) is 5.84 Å². The van der Waals surface area contributed by atoms with Gasteiger partial charge in [0.2, 0.25) is 0 Å². The van der Waals surface area contributed by atoms with Crippen molar-refractivity contribution in [2.24, 2.45) is 15.0 Å². The van der Waals surface area contributed by atoms with Crippen LogP contribution in [0.25, 0.3) is 22.3 Å². The fraction of sp³-hybridized carbons (Fsp3) is 0.398. The number of allylic oxidation sites excluding steroid dienone is 2. The van der Waals surface area contributed by atoms with Gasteiger partial charge < -0.3 is 15.0 Å². The molecule has 6 heterocycles. The number of H-pyrrole nitrogens is 3. The van der Waals surface area contributed by atoms with E-state index in [1.165, 1.54) is 44.5 Å². The summed E-state index contributed by atoms with van der Waals surface area (Å²) in [5, 5.41) is 3.58. The Morgan fingerprint density at radius 2 is 0.705 bits per heavy atom. The second-order valence-electron chi connectivity index (χ2n) is 36.7. The third-order valence-corrected chi connectivity index (χ3v) is 19.9. The van der Waals surface area contributed by atoms with Crippen LogP contribution in [0.15, 0.2) is 154 Å². The summed E-state index contributed by atoms with van der Waals surface area (Å²) in [5.41, 5.74) is 28.2. The van der Waals surface area contributed by atoms with Crippen LogP contribution in [0.5, 0.6) is 0 Å². The highest BCUT2D eigenvalue weighted by Gasteiger charge is 2.33. The number of fused-ring (bicyclic) bond motifs is 10. The third-order valence-electron chi connectivity index (χ3n) is 19.0. The average Bonchev–Trinajstić information content (AvgIpc) is 1.69. The van der Waals surface area contributed by atoms with E-state index in [2.05, 4.69) is 346 Å². The first-order chi connectivity index (χ1) is 43.7. The third kappa shape index (κ3) is 14.1. The van der Waals surface area contributed by atoms with E-state index in [0.717, 1.165) is 111 Å². The number of aliphatic imine (C=N–C) groups is 2. The Morgan fingerprint density at radius 1 is 0.337 bits per heavy atom. The summed E-state index contributed by atoms with van der Waals surface area (Å²) in [6.45, 7) is 62.7. The molecule has 3 N–H and O–H groups in total. The highest BCUT2D eigenvalue weighted by Crippen LogP contribution is 2.42. The number of nitrogens with zero attached hydrogens (tertiary/aromatic N) is 3. The van der Waals surface area contributed by atoms with E-state index in [4.69, 9.17) is 15.0 Å². The lowest BCUT2D eigenvalue weighted by Gasteiger charge is -2.27. The van der Waals surface area contributed by atoms with Crippen molar-refractivity contribution in [3.05, 3.63) is 256 Å². The van der Waals surface area contributed by atoms with E-state index < -0.39 is 8.07 Å². The Hall–Kier alpha value is -8.05. The molecule has 0 unspecified atom stereocenters. The fourth-order valence-electron chi connectivity index (χ4n) is 12.7. The fourth-order valence-corrected chi connectivity index (χ4v) is 13.2. The molecule has 5 aromatic carbocycles. The monoisotopic (exact) mass is 1270 g/mol. The van der Waals surface area contributed by atoms with E-state index in [1.807, 2.05) is 0 Å². The molecule has 492 valence electrons. The Labute approximate surface area is 570 Å². The number of rotatable bonds is 5. The molecule has 0 fully saturated rings. The number of aromatic amines is 3. The first-order valence-electron chi connectivity index (χ1n) is 34.6. The lowest BCUT2D eigenvalue weighted by atomic mass is 9.78. The summed E-state index contributed by atoms with van der Waals surface area (Å²) in [7, 11) is -1.63. The van der Waals surface area contributed by atoms with Gasteiger partial charge in [-0.05, 0) is 171 Å². The quantitative estimate of drug-likeness (QED) is 0.113. The molecule has 3 aromatic heterocycles. The van der Waals surface area contributed by atoms with Crippen LogP contribution in [0.2, 0.25) is 19.6 Å². The summed E-state index contributed by atoms with van der Waals surface area (Å²) in [4.78, 5) is 30.3. The zero-order valence-corrected chi connectivity index (χ0v) is 63.5. The number of benzene rings is 5. The molecule has 0 atom stereocenters. The molecule has 0 radical (unpaired) electrons. The van der Waals surface area contributed by atoms with Crippen molar-refractivity contribution in [3.8, 4) is 11.5 Å². The van der Waals surface area contributed by atoms with Gasteiger partial charge in [0.25, 0.3) is 0 Å². The molecule has 0 aliphatic carbocycles. The van der Waals surface area contributed by atoms with Gasteiger partial charge in [-0.25, -0.2) is 15.0 Å². The molecule has 11 rings (SSSR count). The Balaban J connectivity index is 1.41. The van der Waals surface area contributed by atoms with Crippen molar-refractivity contribution in [1.82, 2.24) is 15.0 Å². The lowest BCUT2D eigenvalue weighted by Crippen LogP contribution is -2.27. The molecular weight excluding hydrogens is 1170 g/mol. The van der Waals surface area contributed by atoms with Crippen LogP contribution < -0.4 is 21.4 Å². The van der Waals surface area contributed by atoms with E-state index in [9.17, 15) is 0 Å². The predicted molar refractivity (Wildman–Crippen MR) is 409 cm³/mol. The molecule has 95 heavy (non-hydrogen) atoms. The molecular formula is C88H106N6Si. The molecule has 7 heteroatoms. The predicted octanol–water partition coefficient (Wildman–Crippen LogP) is 19.5. The molecule has 3 aliphatic heterocycles. The number of hydrogen-bond donors (Lipinski definition) is 3. The van der Waals surface area contributed by atoms with Crippen molar-refractivity contribution >= 4 is 47.6 Å². The van der Waals surface area contributed by atoms with Crippen molar-refractivity contribution in [3.63, 3.8) is 0 Å². The van der Waals surface area contributed by atoms with Crippen LogP contribution in [0, 0.1) is 11.5 Å². The molecule has 8 bridgehead atoms. The molecule has 6 nitrogen and oxygen atoms in total. The first-order valence-corrected chi connectivity index (χ1v) is 38.1. The van der Waals surface area contributed by atoms with Crippen LogP contribution in [-0.4, -0.2) is 34.6 Å². The van der Waals surface area contributed by atoms with E-state index >= 15 is 0 Å². The van der Waals surface area contributed by atoms with Gasteiger partial charge in [-0.1, -0.05) is 265 Å². The van der Waals surface area contributed by atoms with Crippen LogP contribution in [0.3, 0.4) is 0 Å². The topological polar surface area (TPSA) is 84.4 Å². The maximum absolute atomic E-state index is 5.95. The Morgan fingerprint density at radius 3 is 1.11 bits per heavy atom. The molecule has 3 aliphatic rings. The van der Waals surface area contributed by atoms with Crippen LogP contribution >= 0.6 is 0 Å². The number of amidine groups is 1. The van der Waals surface area contributed by atoms with Crippen LogP contribution in [0.4, 0.5) is 5.69 Å². The van der Waals surface area contributed by atoms with Crippen LogP contribution in [0.1, 0.15) is 261 Å². The maximum atomic E-state index is 5.95. The standard InChI is InChI=1S/C88H106N6Si/c1-81(2,3)58-40-54(41-59(48-58)82(4,5)6)72-66-32-33-67(89-66)73(55-42-60(83(7,8)9)49-61(43-55)84(10,11)12)69-35-37-71(91-69)75(57-46-64(87(19,20)21)51-65(47-57)88(22,23)24)77-79-78(93-80(94-79)53-30-28-52(29-31-53)38-39-95(25,26)27)76(92-77)74(70-36-34-68(72)90-70)56-44-62(85(13,14)15)50-63(45-56)86(16,17)18/h28-37,40-51,90-92H,1-27H3. The van der Waals surface area contributed by atoms with Gasteiger partial charge in [-0.3, -0.25) is 0 Å². The van der Waals surface area contributed by atoms with Gasteiger partial charge in [-0.15, -0.1) is 5.54 Å². The number of aromatic nitrogens is 3. The minimum Gasteiger partial charge on any atom is -0.354 e. The normalized spacial score (nSPS) is 15.1. The Kier molecular flexibility index (Phi) is 16.8. The summed E-state index contributed by atoms with van der Waals surface area (Å²) < 4.78 is 0. The van der Waals surface area contributed by atoms with Gasteiger partial charge in [-0.2, -0.15) is 0 Å². The van der Waals surface area contributed by atoms with Gasteiger partial charge in [0.05, 0.1) is 22.5 Å². The zero-order chi connectivity index (χ0) is 69.5. The molecule has 8 aromatic rings. The minimum absolute atomic E-state index is 0.141. The second kappa shape index (κ2) is 23.4. The molecule has 0 saturated carbocycles. The summed E-state index contributed by atoms with van der Waals surface area (Å²) >= 11 is 0. The number of hydrogen-bond acceptors (Lipinski definition) is 3. The SMILES string of the molecule is CC(C)(C)c1cc(C2=C3C=CC(=N3)C(c3cc(C(C)(C)C)cc(C(C)(C)C)c3)=c3ccc([nH]3)=C(c3cc(C(C)(C)C)cc(C(C)(C)C)c3)c3[nH]c(c4c3N=C(c3ccc(C#C[Si](C)(C)C)cc3)N=4)=C(c3cc(C(C)(C)C)cc(C(C)(C)C)c3)c3ccc2[nH]3)cc(C(C)(C)C)c1. The van der Waals surface area contributed by atoms with Crippen molar-refractivity contribution in [1.29, 1.82) is 0 Å². The second-order valence-corrected chi connectivity index (χ2v) is 41.4. The number of nitrogens with one attached hydrogen (secondary N) is 3. The highest BCUT2D eigenvalue weighted by molar-refractivity contribution is 6.83. The van der Waals surface area contributed by atoms with Crippen LogP contribution in [-0.2, 0) is 43.3 Å². The largest absolute Gasteiger partial charge is 0.354 e. The molecule has 0 amide bonds. The molecule has 0 spiro atoms. The highest BCUT2D eigenvalue weighted by atomic mass is 28.3. The minimum atomic E-state index is -1.63. The van der Waals surface area contributed by atoms with Gasteiger partial charge in [0, 0.05) is 55.5 Å². The van der Waals surface area contributed by atoms with E-state index in [-0.39, 0.29) is 43.3 Å². The maximum Gasteiger partial charge on any atom is 0.160 e. The van der Waals surface area contributed by atoms with Crippen molar-refractivity contribution in [2.75, 3.05) is 0 Å². The smallest absolute Gasteiger partial charge is 0.160 e. The zero-order valence-electron chi connectivity index (χ0n) is 62.5. The Bertz CT molecular complexity index is 4760. The summed E-state index contributed by atoms with van der Waals surface area (Å²) in [5.74, 6) is 4.16. The van der Waals surface area contributed by atoms with E-state index in [1.54, 1.807) is 0 Å². The van der Waals surface area contributed by atoms with Gasteiger partial charge in [0.15, 0.2) is 5.84 Å². The summed E-state index contributed by atoms with van der Waals surface area (Å²) in [6, 6.07) is 46.8. The van der Waals surface area contributed by atoms with Crippen molar-refractivity contribution in [2.45, 2.75) is 229 Å². The average molecular weight is 1280 g/mol.